The minimum absolute atomic E-state index is 0.547. The van der Waals surface area contributed by atoms with Crippen LogP contribution in [0.15, 0.2) is 18.2 Å². The lowest BCUT2D eigenvalue weighted by molar-refractivity contribution is 0.199. The fourth-order valence-electron chi connectivity index (χ4n) is 1.50. The number of hydrogen-bond acceptors (Lipinski definition) is 3. The molecule has 1 aromatic rings. The zero-order valence-electron chi connectivity index (χ0n) is 8.94. The Balaban J connectivity index is 2.06. The van der Waals surface area contributed by atoms with Crippen LogP contribution in [0.1, 0.15) is 31.4 Å². The molecule has 0 heterocycles. The maximum absolute atomic E-state index is 9.48. The van der Waals surface area contributed by atoms with Gasteiger partial charge >= 0.3 is 0 Å². The molecule has 1 unspecified atom stereocenters. The molecule has 1 aromatic carbocycles. The van der Waals surface area contributed by atoms with Crippen molar-refractivity contribution in [1.82, 2.24) is 0 Å². The van der Waals surface area contributed by atoms with Gasteiger partial charge in [-0.2, -0.15) is 0 Å². The first-order chi connectivity index (χ1) is 7.16. The molecule has 0 bridgehead atoms. The van der Waals surface area contributed by atoms with Gasteiger partial charge < -0.3 is 15.6 Å². The van der Waals surface area contributed by atoms with Gasteiger partial charge in [0.1, 0.15) is 5.75 Å². The maximum Gasteiger partial charge on any atom is 0.119 e. The molecule has 1 saturated carbocycles. The number of aliphatic hydroxyl groups is 1. The molecule has 3 nitrogen and oxygen atoms in total. The van der Waals surface area contributed by atoms with Crippen LogP contribution in [0.3, 0.4) is 0 Å². The number of benzene rings is 1. The summed E-state index contributed by atoms with van der Waals surface area (Å²) in [6.07, 6.45) is 2.01. The largest absolute Gasteiger partial charge is 0.493 e. The van der Waals surface area contributed by atoms with Crippen molar-refractivity contribution in [2.45, 2.75) is 25.9 Å². The second-order valence-electron chi connectivity index (χ2n) is 4.22. The number of aliphatic hydroxyl groups excluding tert-OH is 1. The van der Waals surface area contributed by atoms with E-state index in [0.717, 1.165) is 23.8 Å². The molecular weight excluding hydrogens is 190 g/mol. The van der Waals surface area contributed by atoms with Crippen LogP contribution >= 0.6 is 0 Å². The topological polar surface area (TPSA) is 55.5 Å². The number of nitrogens with two attached hydrogens (primary N) is 1. The predicted octanol–water partition coefficient (Wildman–Crippen LogP) is 2.11. The van der Waals surface area contributed by atoms with E-state index in [1.54, 1.807) is 13.0 Å². The van der Waals surface area contributed by atoms with E-state index in [9.17, 15) is 5.11 Å². The summed E-state index contributed by atoms with van der Waals surface area (Å²) in [7, 11) is 0. The molecule has 0 radical (unpaired) electrons. The maximum atomic E-state index is 9.48. The molecule has 0 saturated heterocycles. The van der Waals surface area contributed by atoms with Crippen molar-refractivity contribution in [3.05, 3.63) is 23.8 Å². The van der Waals surface area contributed by atoms with Crippen molar-refractivity contribution in [1.29, 1.82) is 0 Å². The van der Waals surface area contributed by atoms with E-state index in [1.807, 2.05) is 12.1 Å². The molecule has 1 fully saturated rings. The van der Waals surface area contributed by atoms with Gasteiger partial charge in [-0.3, -0.25) is 0 Å². The first-order valence-electron chi connectivity index (χ1n) is 5.37. The van der Waals surface area contributed by atoms with E-state index < -0.39 is 6.10 Å². The number of hydrogen-bond donors (Lipinski definition) is 2. The van der Waals surface area contributed by atoms with Gasteiger partial charge in [-0.15, -0.1) is 0 Å². The van der Waals surface area contributed by atoms with Gasteiger partial charge in [0.25, 0.3) is 0 Å². The molecule has 2 rings (SSSR count). The van der Waals surface area contributed by atoms with Gasteiger partial charge in [0.2, 0.25) is 0 Å². The number of rotatable bonds is 4. The van der Waals surface area contributed by atoms with Crippen LogP contribution in [0.25, 0.3) is 0 Å². The van der Waals surface area contributed by atoms with Crippen LogP contribution in [-0.4, -0.2) is 11.7 Å². The van der Waals surface area contributed by atoms with E-state index in [2.05, 4.69) is 0 Å². The van der Waals surface area contributed by atoms with Crippen molar-refractivity contribution in [2.24, 2.45) is 5.92 Å². The van der Waals surface area contributed by atoms with Crippen LogP contribution in [0, 0.1) is 5.92 Å². The average Bonchev–Trinajstić information content (AvgIpc) is 3.00. The lowest BCUT2D eigenvalue weighted by Crippen LogP contribution is -2.02. The third-order valence-corrected chi connectivity index (χ3v) is 2.69. The highest BCUT2D eigenvalue weighted by atomic mass is 16.5. The van der Waals surface area contributed by atoms with E-state index >= 15 is 0 Å². The lowest BCUT2D eigenvalue weighted by Gasteiger charge is -2.11. The van der Waals surface area contributed by atoms with Gasteiger partial charge in [0.15, 0.2) is 0 Å². The van der Waals surface area contributed by atoms with E-state index in [4.69, 9.17) is 10.5 Å². The molecule has 15 heavy (non-hydrogen) atoms. The smallest absolute Gasteiger partial charge is 0.119 e. The highest BCUT2D eigenvalue weighted by molar-refractivity contribution is 5.51. The Kier molecular flexibility index (Phi) is 2.82. The molecule has 3 heteroatoms. The van der Waals surface area contributed by atoms with E-state index in [-0.39, 0.29) is 0 Å². The third kappa shape index (κ3) is 2.63. The van der Waals surface area contributed by atoms with E-state index in [0.29, 0.717) is 5.69 Å². The fraction of sp³-hybridized carbons (Fsp3) is 0.500. The summed E-state index contributed by atoms with van der Waals surface area (Å²) in [5.74, 6) is 1.53. The van der Waals surface area contributed by atoms with Crippen molar-refractivity contribution >= 4 is 5.69 Å². The molecule has 0 aliphatic heterocycles. The normalized spacial score (nSPS) is 17.5. The van der Waals surface area contributed by atoms with Crippen molar-refractivity contribution in [2.75, 3.05) is 12.3 Å². The Morgan fingerprint density at radius 3 is 2.87 bits per heavy atom. The quantitative estimate of drug-likeness (QED) is 0.743. The number of anilines is 1. The van der Waals surface area contributed by atoms with Crippen LogP contribution < -0.4 is 10.5 Å². The summed E-state index contributed by atoms with van der Waals surface area (Å²) in [6.45, 7) is 2.49. The Morgan fingerprint density at radius 1 is 1.53 bits per heavy atom. The number of nitrogen functional groups attached to an aromatic ring is 1. The molecule has 1 aliphatic rings. The van der Waals surface area contributed by atoms with Crippen molar-refractivity contribution in [3.8, 4) is 5.75 Å². The fourth-order valence-corrected chi connectivity index (χ4v) is 1.50. The zero-order valence-corrected chi connectivity index (χ0v) is 8.94. The Labute approximate surface area is 89.9 Å². The molecule has 1 atom stereocenters. The molecular formula is C12H17NO2. The Bertz CT molecular complexity index is 345. The van der Waals surface area contributed by atoms with Gasteiger partial charge in [0.05, 0.1) is 12.7 Å². The minimum atomic E-state index is -0.547. The summed E-state index contributed by atoms with van der Waals surface area (Å²) >= 11 is 0. The molecule has 82 valence electrons. The minimum Gasteiger partial charge on any atom is -0.493 e. The Hall–Kier alpha value is -1.22. The van der Waals surface area contributed by atoms with Crippen molar-refractivity contribution < 1.29 is 9.84 Å². The summed E-state index contributed by atoms with van der Waals surface area (Å²) in [6, 6.07) is 5.45. The van der Waals surface area contributed by atoms with E-state index in [1.165, 1.54) is 12.8 Å². The number of ether oxygens (including phenoxy) is 1. The Morgan fingerprint density at radius 2 is 2.27 bits per heavy atom. The first-order valence-corrected chi connectivity index (χ1v) is 5.37. The van der Waals surface area contributed by atoms with Gasteiger partial charge in [-0.05, 0) is 43.9 Å². The third-order valence-electron chi connectivity index (χ3n) is 2.69. The molecule has 3 N–H and O–H groups in total. The summed E-state index contributed by atoms with van der Waals surface area (Å²) in [4.78, 5) is 0. The monoisotopic (exact) mass is 207 g/mol. The van der Waals surface area contributed by atoms with Crippen LogP contribution in [0.2, 0.25) is 0 Å². The van der Waals surface area contributed by atoms with Crippen molar-refractivity contribution in [3.63, 3.8) is 0 Å². The predicted molar refractivity (Wildman–Crippen MR) is 59.7 cm³/mol. The highest BCUT2D eigenvalue weighted by Crippen LogP contribution is 2.31. The highest BCUT2D eigenvalue weighted by Gasteiger charge is 2.22. The van der Waals surface area contributed by atoms with Crippen LogP contribution in [0.4, 0.5) is 5.69 Å². The van der Waals surface area contributed by atoms with Gasteiger partial charge in [-0.1, -0.05) is 0 Å². The molecule has 0 amide bonds. The summed E-state index contributed by atoms with van der Waals surface area (Å²) in [5.41, 5.74) is 7.10. The molecule has 0 spiro atoms. The second-order valence-corrected chi connectivity index (χ2v) is 4.22. The second kappa shape index (κ2) is 4.11. The molecule has 1 aliphatic carbocycles. The molecule has 0 aromatic heterocycles. The lowest BCUT2D eigenvalue weighted by atomic mass is 10.1. The van der Waals surface area contributed by atoms with Gasteiger partial charge in [0, 0.05) is 11.3 Å². The first kappa shape index (κ1) is 10.3. The van der Waals surface area contributed by atoms with Crippen LogP contribution in [0.5, 0.6) is 5.75 Å². The van der Waals surface area contributed by atoms with Crippen LogP contribution in [-0.2, 0) is 0 Å². The van der Waals surface area contributed by atoms with Gasteiger partial charge in [-0.25, -0.2) is 0 Å². The zero-order chi connectivity index (χ0) is 10.8. The average molecular weight is 207 g/mol. The summed E-state index contributed by atoms with van der Waals surface area (Å²) < 4.78 is 5.61. The standard InChI is InChI=1S/C12H17NO2/c1-8(14)11-6-10(4-5-12(11)13)15-7-9-2-3-9/h4-6,8-9,14H,2-3,7,13H2,1H3. The SMILES string of the molecule is CC(O)c1cc(OCC2CC2)ccc1N. The summed E-state index contributed by atoms with van der Waals surface area (Å²) in [5, 5.41) is 9.48.